The van der Waals surface area contributed by atoms with Crippen molar-refractivity contribution in [2.75, 3.05) is 6.54 Å². The van der Waals surface area contributed by atoms with Crippen molar-refractivity contribution in [2.24, 2.45) is 5.92 Å². The Kier molecular flexibility index (Phi) is 7.12. The number of hydrogen-bond donors (Lipinski definition) is 1. The number of hydrogen-bond acceptors (Lipinski definition) is 1. The molecule has 96 valence electrons. The molecule has 0 aliphatic carbocycles. The third kappa shape index (κ3) is 5.38. The van der Waals surface area contributed by atoms with Crippen LogP contribution in [0.5, 0.6) is 0 Å². The third-order valence-corrected chi connectivity index (χ3v) is 4.08. The Bertz CT molecular complexity index is 307. The minimum Gasteiger partial charge on any atom is -0.314 e. The Morgan fingerprint density at radius 1 is 1.18 bits per heavy atom. The highest BCUT2D eigenvalue weighted by Gasteiger charge is 2.14. The van der Waals surface area contributed by atoms with E-state index < -0.39 is 0 Å². The lowest BCUT2D eigenvalue weighted by Gasteiger charge is -2.24. The molecule has 0 aliphatic heterocycles. The summed E-state index contributed by atoms with van der Waals surface area (Å²) in [6, 6.07) is 9.53. The van der Waals surface area contributed by atoms with Crippen LogP contribution in [0.25, 0.3) is 0 Å². The third-order valence-electron chi connectivity index (χ3n) is 3.36. The first-order valence-electron chi connectivity index (χ1n) is 6.65. The smallest absolute Gasteiger partial charge is 0.0130 e. The lowest BCUT2D eigenvalue weighted by Crippen LogP contribution is -2.34. The Balaban J connectivity index is 2.53. The number of halogens is 1. The van der Waals surface area contributed by atoms with Crippen molar-refractivity contribution in [2.45, 2.75) is 46.1 Å². The second-order valence-corrected chi connectivity index (χ2v) is 5.99. The highest BCUT2D eigenvalue weighted by Crippen LogP contribution is 2.17. The zero-order valence-corrected chi connectivity index (χ0v) is 13.3. The van der Waals surface area contributed by atoms with Crippen LogP contribution in [0.3, 0.4) is 0 Å². The van der Waals surface area contributed by atoms with Gasteiger partial charge in [0, 0.05) is 9.61 Å². The van der Waals surface area contributed by atoms with E-state index in [-0.39, 0.29) is 0 Å². The fourth-order valence-electron chi connectivity index (χ4n) is 2.14. The van der Waals surface area contributed by atoms with Gasteiger partial charge in [0.15, 0.2) is 0 Å². The van der Waals surface area contributed by atoms with Gasteiger partial charge in [-0.15, -0.1) is 0 Å². The molecule has 1 nitrogen and oxygen atoms in total. The summed E-state index contributed by atoms with van der Waals surface area (Å²) < 4.78 is 1.32. The summed E-state index contributed by atoms with van der Waals surface area (Å²) >= 11 is 2.36. The predicted octanol–water partition coefficient (Wildman–Crippen LogP) is 4.25. The second-order valence-electron chi connectivity index (χ2n) is 4.74. The average molecular weight is 345 g/mol. The van der Waals surface area contributed by atoms with Gasteiger partial charge < -0.3 is 5.32 Å². The maximum absolute atomic E-state index is 3.61. The predicted molar refractivity (Wildman–Crippen MR) is 84.4 cm³/mol. The summed E-state index contributed by atoms with van der Waals surface area (Å²) in [5.74, 6) is 0.738. The molecule has 0 radical (unpaired) electrons. The van der Waals surface area contributed by atoms with Gasteiger partial charge in [0.25, 0.3) is 0 Å². The van der Waals surface area contributed by atoms with E-state index in [2.05, 4.69) is 72.9 Å². The molecule has 0 saturated heterocycles. The molecular weight excluding hydrogens is 321 g/mol. The molecule has 0 fully saturated rings. The molecule has 1 N–H and O–H groups in total. The van der Waals surface area contributed by atoms with Crippen LogP contribution in [0, 0.1) is 9.49 Å². The van der Waals surface area contributed by atoms with Crippen molar-refractivity contribution >= 4 is 22.6 Å². The van der Waals surface area contributed by atoms with Crippen molar-refractivity contribution in [3.8, 4) is 0 Å². The van der Waals surface area contributed by atoms with Crippen molar-refractivity contribution in [3.05, 3.63) is 33.4 Å². The van der Waals surface area contributed by atoms with Crippen LogP contribution < -0.4 is 5.32 Å². The van der Waals surface area contributed by atoms with E-state index >= 15 is 0 Å². The number of benzene rings is 1. The first kappa shape index (κ1) is 15.0. The molecule has 0 saturated carbocycles. The molecule has 17 heavy (non-hydrogen) atoms. The molecule has 2 unspecified atom stereocenters. The van der Waals surface area contributed by atoms with E-state index in [1.807, 2.05) is 0 Å². The largest absolute Gasteiger partial charge is 0.314 e. The molecule has 0 spiro atoms. The van der Waals surface area contributed by atoms with Gasteiger partial charge in [-0.25, -0.2) is 0 Å². The molecule has 0 aliphatic rings. The maximum Gasteiger partial charge on any atom is 0.0130 e. The van der Waals surface area contributed by atoms with E-state index in [4.69, 9.17) is 0 Å². The van der Waals surface area contributed by atoms with Crippen LogP contribution in [-0.4, -0.2) is 12.6 Å². The monoisotopic (exact) mass is 345 g/mol. The zero-order chi connectivity index (χ0) is 12.7. The quantitative estimate of drug-likeness (QED) is 0.729. The van der Waals surface area contributed by atoms with Crippen LogP contribution in [-0.2, 0) is 6.42 Å². The number of nitrogens with one attached hydrogen (secondary N) is 1. The molecule has 0 aromatic heterocycles. The van der Waals surface area contributed by atoms with Gasteiger partial charge >= 0.3 is 0 Å². The normalized spacial score (nSPS) is 14.6. The minimum absolute atomic E-state index is 0.610. The van der Waals surface area contributed by atoms with Gasteiger partial charge in [0.2, 0.25) is 0 Å². The van der Waals surface area contributed by atoms with E-state index in [1.165, 1.54) is 28.4 Å². The van der Waals surface area contributed by atoms with E-state index in [0.717, 1.165) is 12.5 Å². The Morgan fingerprint density at radius 2 is 1.82 bits per heavy atom. The lowest BCUT2D eigenvalue weighted by molar-refractivity contribution is 0.362. The van der Waals surface area contributed by atoms with Crippen molar-refractivity contribution in [3.63, 3.8) is 0 Å². The summed E-state index contributed by atoms with van der Waals surface area (Å²) in [4.78, 5) is 0. The molecule has 1 aromatic carbocycles. The van der Waals surface area contributed by atoms with Crippen molar-refractivity contribution in [1.29, 1.82) is 0 Å². The zero-order valence-electron chi connectivity index (χ0n) is 11.2. The van der Waals surface area contributed by atoms with Crippen LogP contribution in [0.4, 0.5) is 0 Å². The van der Waals surface area contributed by atoms with Crippen LogP contribution in [0.1, 0.15) is 39.2 Å². The van der Waals surface area contributed by atoms with Crippen molar-refractivity contribution < 1.29 is 0 Å². The summed E-state index contributed by atoms with van der Waals surface area (Å²) in [5, 5.41) is 3.61. The van der Waals surface area contributed by atoms with Gasteiger partial charge in [0.05, 0.1) is 0 Å². The summed E-state index contributed by atoms with van der Waals surface area (Å²) in [6.45, 7) is 7.96. The number of rotatable bonds is 7. The van der Waals surface area contributed by atoms with Crippen LogP contribution >= 0.6 is 22.6 Å². The van der Waals surface area contributed by atoms with Gasteiger partial charge in [-0.1, -0.05) is 32.4 Å². The highest BCUT2D eigenvalue weighted by molar-refractivity contribution is 14.1. The summed E-state index contributed by atoms with van der Waals surface area (Å²) in [6.07, 6.45) is 3.64. The standard InChI is InChI=1S/C15H24IN/c1-4-10-17-12(3)14(5-2)11-13-6-8-15(16)9-7-13/h6-9,12,14,17H,4-5,10-11H2,1-3H3. The SMILES string of the molecule is CCCNC(C)C(CC)Cc1ccc(I)cc1. The Morgan fingerprint density at radius 3 is 2.35 bits per heavy atom. The molecular formula is C15H24IN. The van der Waals surface area contributed by atoms with Gasteiger partial charge in [-0.05, 0) is 72.5 Å². The average Bonchev–Trinajstić information content (AvgIpc) is 2.35. The molecule has 1 aromatic rings. The van der Waals surface area contributed by atoms with E-state index in [1.54, 1.807) is 0 Å². The van der Waals surface area contributed by atoms with E-state index in [0.29, 0.717) is 6.04 Å². The lowest BCUT2D eigenvalue weighted by atomic mass is 9.91. The van der Waals surface area contributed by atoms with Crippen LogP contribution in [0.15, 0.2) is 24.3 Å². The Labute approximate surface area is 120 Å². The van der Waals surface area contributed by atoms with Gasteiger partial charge in [-0.3, -0.25) is 0 Å². The fraction of sp³-hybridized carbons (Fsp3) is 0.600. The van der Waals surface area contributed by atoms with Crippen molar-refractivity contribution in [1.82, 2.24) is 5.32 Å². The molecule has 0 heterocycles. The van der Waals surface area contributed by atoms with E-state index in [9.17, 15) is 0 Å². The summed E-state index contributed by atoms with van der Waals surface area (Å²) in [5.41, 5.74) is 1.46. The summed E-state index contributed by atoms with van der Waals surface area (Å²) in [7, 11) is 0. The maximum atomic E-state index is 3.61. The Hall–Kier alpha value is -0.0900. The first-order valence-corrected chi connectivity index (χ1v) is 7.73. The molecule has 1 rings (SSSR count). The molecule has 0 amide bonds. The molecule has 2 atom stereocenters. The van der Waals surface area contributed by atoms with Gasteiger partial charge in [0.1, 0.15) is 0 Å². The minimum atomic E-state index is 0.610. The molecule has 0 bridgehead atoms. The highest BCUT2D eigenvalue weighted by atomic mass is 127. The second kappa shape index (κ2) is 8.09. The fourth-order valence-corrected chi connectivity index (χ4v) is 2.50. The molecule has 2 heteroatoms. The van der Waals surface area contributed by atoms with Crippen LogP contribution in [0.2, 0.25) is 0 Å². The first-order chi connectivity index (χ1) is 8.17. The topological polar surface area (TPSA) is 12.0 Å². The van der Waals surface area contributed by atoms with Gasteiger partial charge in [-0.2, -0.15) is 0 Å².